The highest BCUT2D eigenvalue weighted by Gasteiger charge is 2.30. The Morgan fingerprint density at radius 3 is 2.17 bits per heavy atom. The average Bonchev–Trinajstić information content (AvgIpc) is 2.50. The minimum absolute atomic E-state index is 0.544. The lowest BCUT2D eigenvalue weighted by molar-refractivity contribution is 0.621. The summed E-state index contributed by atoms with van der Waals surface area (Å²) in [6.45, 7) is 13.7. The third-order valence-corrected chi connectivity index (χ3v) is 7.49. The van der Waals surface area contributed by atoms with E-state index >= 15 is 0 Å². The van der Waals surface area contributed by atoms with Crippen LogP contribution in [0.5, 0.6) is 0 Å². The number of pyridine rings is 1. The lowest BCUT2D eigenvalue weighted by atomic mass is 10.4. The first-order chi connectivity index (χ1) is 8.12. The van der Waals surface area contributed by atoms with Gasteiger partial charge < -0.3 is 4.42 Å². The average molecular weight is 298 g/mol. The van der Waals surface area contributed by atoms with Gasteiger partial charge >= 0.3 is 0 Å². The van der Waals surface area contributed by atoms with Crippen LogP contribution in [0.2, 0.25) is 44.5 Å². The van der Waals surface area contributed by atoms with Gasteiger partial charge in [0.25, 0.3) is 0 Å². The molecule has 0 atom stereocenters. The van der Waals surface area contributed by atoms with Crippen molar-refractivity contribution < 1.29 is 4.42 Å². The minimum Gasteiger partial charge on any atom is -0.443 e. The number of furan rings is 1. The first kappa shape index (κ1) is 13.8. The summed E-state index contributed by atoms with van der Waals surface area (Å²) in [5.41, 5.74) is 1.90. The highest BCUT2D eigenvalue weighted by Crippen LogP contribution is 2.23. The van der Waals surface area contributed by atoms with Crippen LogP contribution in [0.4, 0.5) is 0 Å². The summed E-state index contributed by atoms with van der Waals surface area (Å²) in [7, 11) is -2.99. The SMILES string of the molecule is C[Si](C)(C)c1c(Cl)oc2c([Si](C)(C)C)ccnc12. The molecule has 0 fully saturated rings. The zero-order chi connectivity index (χ0) is 13.7. The molecule has 2 aromatic heterocycles. The summed E-state index contributed by atoms with van der Waals surface area (Å²) >= 11 is 6.32. The second-order valence-corrected chi connectivity index (χ2v) is 17.2. The number of fused-ring (bicyclic) bond motifs is 1. The van der Waals surface area contributed by atoms with Gasteiger partial charge in [0.2, 0.25) is 0 Å². The Labute approximate surface area is 115 Å². The molecule has 2 nitrogen and oxygen atoms in total. The third kappa shape index (κ3) is 2.29. The monoisotopic (exact) mass is 297 g/mol. The molecule has 0 aliphatic heterocycles. The molecule has 0 aliphatic rings. The molecular weight excluding hydrogens is 278 g/mol. The Balaban J connectivity index is 2.84. The summed E-state index contributed by atoms with van der Waals surface area (Å²) in [4.78, 5) is 4.52. The van der Waals surface area contributed by atoms with E-state index in [0.717, 1.165) is 16.3 Å². The van der Waals surface area contributed by atoms with E-state index in [9.17, 15) is 0 Å². The Bertz CT molecular complexity index is 593. The second kappa shape index (κ2) is 4.22. The van der Waals surface area contributed by atoms with Crippen LogP contribution in [-0.4, -0.2) is 21.1 Å². The molecule has 2 heterocycles. The quantitative estimate of drug-likeness (QED) is 0.792. The molecule has 0 unspecified atom stereocenters. The number of nitrogens with zero attached hydrogens (tertiary/aromatic N) is 1. The summed E-state index contributed by atoms with van der Waals surface area (Å²) < 4.78 is 5.86. The molecule has 0 spiro atoms. The zero-order valence-electron chi connectivity index (χ0n) is 11.9. The number of rotatable bonds is 2. The van der Waals surface area contributed by atoms with E-state index in [1.54, 1.807) is 0 Å². The standard InChI is InChI=1S/C13H20ClNOSi2/c1-17(2,3)9-7-8-15-10-11(9)16-13(14)12(10)18(4,5)6/h7-8H,1-6H3. The van der Waals surface area contributed by atoms with Crippen LogP contribution in [0.1, 0.15) is 0 Å². The fraction of sp³-hybridized carbons (Fsp3) is 0.462. The zero-order valence-corrected chi connectivity index (χ0v) is 14.6. The highest BCUT2D eigenvalue weighted by atomic mass is 35.5. The number of hydrogen-bond donors (Lipinski definition) is 0. The van der Waals surface area contributed by atoms with E-state index in [0.29, 0.717) is 5.22 Å². The maximum atomic E-state index is 6.32. The van der Waals surface area contributed by atoms with E-state index in [1.807, 2.05) is 6.20 Å². The van der Waals surface area contributed by atoms with Crippen LogP contribution in [-0.2, 0) is 0 Å². The van der Waals surface area contributed by atoms with Gasteiger partial charge in [0.1, 0.15) is 5.52 Å². The van der Waals surface area contributed by atoms with Crippen LogP contribution in [0, 0.1) is 0 Å². The van der Waals surface area contributed by atoms with Crippen LogP contribution in [0.15, 0.2) is 16.7 Å². The topological polar surface area (TPSA) is 26.0 Å². The fourth-order valence-corrected chi connectivity index (χ4v) is 6.18. The summed E-state index contributed by atoms with van der Waals surface area (Å²) in [6, 6.07) is 2.09. The van der Waals surface area contributed by atoms with E-state index in [1.165, 1.54) is 5.19 Å². The van der Waals surface area contributed by atoms with Gasteiger partial charge in [-0.3, -0.25) is 4.98 Å². The highest BCUT2D eigenvalue weighted by molar-refractivity contribution is 6.93. The van der Waals surface area contributed by atoms with Gasteiger partial charge in [0.15, 0.2) is 10.8 Å². The van der Waals surface area contributed by atoms with Crippen LogP contribution in [0.3, 0.4) is 0 Å². The molecule has 5 heteroatoms. The van der Waals surface area contributed by atoms with Crippen molar-refractivity contribution in [3.05, 3.63) is 17.5 Å². The Hall–Kier alpha value is -0.586. The first-order valence-electron chi connectivity index (χ1n) is 6.20. The fourth-order valence-electron chi connectivity index (χ4n) is 2.20. The van der Waals surface area contributed by atoms with E-state index in [-0.39, 0.29) is 0 Å². The molecule has 0 amide bonds. The molecule has 0 bridgehead atoms. The van der Waals surface area contributed by atoms with Crippen LogP contribution < -0.4 is 10.4 Å². The molecule has 0 N–H and O–H groups in total. The molecule has 0 aliphatic carbocycles. The van der Waals surface area contributed by atoms with Crippen molar-refractivity contribution in [3.8, 4) is 0 Å². The molecule has 0 aromatic carbocycles. The lowest BCUT2D eigenvalue weighted by Gasteiger charge is -2.17. The van der Waals surface area contributed by atoms with Gasteiger partial charge in [-0.05, 0) is 22.9 Å². The van der Waals surface area contributed by atoms with E-state index in [4.69, 9.17) is 16.0 Å². The van der Waals surface area contributed by atoms with Gasteiger partial charge in [0.05, 0.1) is 16.1 Å². The minimum atomic E-state index is -1.54. The summed E-state index contributed by atoms with van der Waals surface area (Å²) in [5.74, 6) is 0. The van der Waals surface area contributed by atoms with Crippen molar-refractivity contribution in [2.24, 2.45) is 0 Å². The molecular formula is C13H20ClNOSi2. The van der Waals surface area contributed by atoms with E-state index < -0.39 is 16.1 Å². The van der Waals surface area contributed by atoms with Crippen molar-refractivity contribution in [1.82, 2.24) is 4.98 Å². The summed E-state index contributed by atoms with van der Waals surface area (Å²) in [5, 5.41) is 3.00. The largest absolute Gasteiger partial charge is 0.443 e. The Morgan fingerprint density at radius 1 is 1.06 bits per heavy atom. The Morgan fingerprint density at radius 2 is 1.67 bits per heavy atom. The van der Waals surface area contributed by atoms with Crippen LogP contribution >= 0.6 is 11.6 Å². The van der Waals surface area contributed by atoms with Gasteiger partial charge in [-0.25, -0.2) is 0 Å². The molecule has 0 saturated heterocycles. The Kier molecular flexibility index (Phi) is 3.24. The van der Waals surface area contributed by atoms with Crippen molar-refractivity contribution in [3.63, 3.8) is 0 Å². The predicted octanol–water partition coefficient (Wildman–Crippen LogP) is 3.57. The van der Waals surface area contributed by atoms with Gasteiger partial charge in [-0.15, -0.1) is 0 Å². The lowest BCUT2D eigenvalue weighted by Crippen LogP contribution is -2.40. The van der Waals surface area contributed by atoms with Gasteiger partial charge in [0, 0.05) is 11.4 Å². The number of aromatic nitrogens is 1. The van der Waals surface area contributed by atoms with Gasteiger partial charge in [-0.2, -0.15) is 0 Å². The molecule has 0 saturated carbocycles. The summed E-state index contributed by atoms with van der Waals surface area (Å²) in [6.07, 6.45) is 1.89. The van der Waals surface area contributed by atoms with Crippen molar-refractivity contribution in [2.45, 2.75) is 39.3 Å². The first-order valence-corrected chi connectivity index (χ1v) is 13.6. The number of halogens is 1. The van der Waals surface area contributed by atoms with E-state index in [2.05, 4.69) is 50.3 Å². The molecule has 2 aromatic rings. The third-order valence-electron chi connectivity index (χ3n) is 3.09. The van der Waals surface area contributed by atoms with Crippen molar-refractivity contribution >= 4 is 49.2 Å². The second-order valence-electron chi connectivity index (χ2n) is 6.79. The molecule has 2 rings (SSSR count). The van der Waals surface area contributed by atoms with Crippen molar-refractivity contribution in [1.29, 1.82) is 0 Å². The molecule has 98 valence electrons. The molecule has 0 radical (unpaired) electrons. The maximum Gasteiger partial charge on any atom is 0.195 e. The van der Waals surface area contributed by atoms with Crippen LogP contribution in [0.25, 0.3) is 11.1 Å². The maximum absolute atomic E-state index is 6.32. The molecule has 18 heavy (non-hydrogen) atoms. The van der Waals surface area contributed by atoms with Gasteiger partial charge in [-0.1, -0.05) is 39.3 Å². The smallest absolute Gasteiger partial charge is 0.195 e. The predicted molar refractivity (Wildman–Crippen MR) is 85.0 cm³/mol. The number of hydrogen-bond acceptors (Lipinski definition) is 2. The van der Waals surface area contributed by atoms with Crippen molar-refractivity contribution in [2.75, 3.05) is 0 Å². The normalized spacial score (nSPS) is 13.3.